The molecule has 0 aromatic heterocycles. The summed E-state index contributed by atoms with van der Waals surface area (Å²) >= 11 is 0. The lowest BCUT2D eigenvalue weighted by atomic mass is 9.65. The zero-order valence-corrected chi connectivity index (χ0v) is 8.83. The molecule has 0 atom stereocenters. The Bertz CT molecular complexity index is 375. The summed E-state index contributed by atoms with van der Waals surface area (Å²) in [4.78, 5) is 0. The number of rotatable bonds is 2. The maximum atomic E-state index is 9.51. The largest absolute Gasteiger partial charge is 0.493 e. The smallest absolute Gasteiger partial charge is 0.122 e. The molecule has 1 aromatic carbocycles. The highest BCUT2D eigenvalue weighted by Crippen LogP contribution is 2.44. The van der Waals surface area contributed by atoms with Crippen LogP contribution in [-0.4, -0.2) is 18.3 Å². The van der Waals surface area contributed by atoms with Crippen molar-refractivity contribution in [3.05, 3.63) is 29.3 Å². The normalized spacial score (nSPS) is 21.7. The van der Waals surface area contributed by atoms with Crippen LogP contribution in [0.25, 0.3) is 0 Å². The second kappa shape index (κ2) is 3.24. The number of aliphatic hydroxyl groups is 1. The summed E-state index contributed by atoms with van der Waals surface area (Å²) in [6.45, 7) is 1.09. The molecule has 1 N–H and O–H groups in total. The third-order valence-electron chi connectivity index (χ3n) is 3.92. The van der Waals surface area contributed by atoms with E-state index >= 15 is 0 Å². The van der Waals surface area contributed by atoms with Crippen LogP contribution < -0.4 is 4.74 Å². The molecule has 0 saturated heterocycles. The Morgan fingerprint density at radius 1 is 1.33 bits per heavy atom. The molecular weight excluding hydrogens is 188 g/mol. The van der Waals surface area contributed by atoms with Gasteiger partial charge in [0.2, 0.25) is 0 Å². The van der Waals surface area contributed by atoms with Gasteiger partial charge in [-0.15, -0.1) is 0 Å². The van der Waals surface area contributed by atoms with E-state index in [1.807, 2.05) is 0 Å². The van der Waals surface area contributed by atoms with Gasteiger partial charge in [0.1, 0.15) is 5.75 Å². The van der Waals surface area contributed by atoms with E-state index in [1.54, 1.807) is 0 Å². The predicted octanol–water partition coefficient (Wildman–Crippen LogP) is 2.04. The quantitative estimate of drug-likeness (QED) is 0.798. The first kappa shape index (κ1) is 9.22. The maximum absolute atomic E-state index is 9.51. The molecule has 1 heterocycles. The van der Waals surface area contributed by atoms with Crippen molar-refractivity contribution < 1.29 is 9.84 Å². The summed E-state index contributed by atoms with van der Waals surface area (Å²) in [5.41, 5.74) is 2.69. The summed E-state index contributed by atoms with van der Waals surface area (Å²) in [5.74, 6) is 1.03. The minimum absolute atomic E-state index is 0.0671. The Hall–Kier alpha value is -1.02. The van der Waals surface area contributed by atoms with Crippen molar-refractivity contribution in [2.45, 2.75) is 31.1 Å². The van der Waals surface area contributed by atoms with Crippen molar-refractivity contribution >= 4 is 0 Å². The van der Waals surface area contributed by atoms with Gasteiger partial charge in [0, 0.05) is 11.8 Å². The standard InChI is InChI=1S/C13H16O2/c14-9-13(5-1-6-13)11-2-3-12-10(8-11)4-7-15-12/h2-3,8,14H,1,4-7,9H2. The second-order valence-corrected chi connectivity index (χ2v) is 4.71. The minimum Gasteiger partial charge on any atom is -0.493 e. The van der Waals surface area contributed by atoms with Crippen molar-refractivity contribution in [3.8, 4) is 5.75 Å². The first-order chi connectivity index (χ1) is 7.34. The summed E-state index contributed by atoms with van der Waals surface area (Å²) in [6, 6.07) is 6.42. The summed E-state index contributed by atoms with van der Waals surface area (Å²) < 4.78 is 5.49. The molecule has 1 saturated carbocycles. The van der Waals surface area contributed by atoms with Gasteiger partial charge in [-0.25, -0.2) is 0 Å². The van der Waals surface area contributed by atoms with Crippen molar-refractivity contribution in [3.63, 3.8) is 0 Å². The molecule has 0 amide bonds. The van der Waals surface area contributed by atoms with Crippen molar-refractivity contribution in [1.29, 1.82) is 0 Å². The van der Waals surface area contributed by atoms with E-state index in [0.717, 1.165) is 31.6 Å². The lowest BCUT2D eigenvalue weighted by molar-refractivity contribution is 0.120. The van der Waals surface area contributed by atoms with E-state index in [9.17, 15) is 5.11 Å². The fourth-order valence-electron chi connectivity index (χ4n) is 2.66. The molecule has 1 aromatic rings. The van der Waals surface area contributed by atoms with Gasteiger partial charge in [0.25, 0.3) is 0 Å². The fraction of sp³-hybridized carbons (Fsp3) is 0.538. The van der Waals surface area contributed by atoms with Crippen LogP contribution in [0, 0.1) is 0 Å². The number of benzene rings is 1. The van der Waals surface area contributed by atoms with Gasteiger partial charge in [-0.05, 0) is 30.0 Å². The van der Waals surface area contributed by atoms with Crippen LogP contribution in [0.5, 0.6) is 5.75 Å². The summed E-state index contributed by atoms with van der Waals surface area (Å²) in [6.07, 6.45) is 4.52. The molecule has 0 unspecified atom stereocenters. The average molecular weight is 204 g/mol. The van der Waals surface area contributed by atoms with E-state index in [0.29, 0.717) is 0 Å². The molecule has 0 spiro atoms. The van der Waals surface area contributed by atoms with Crippen LogP contribution in [0.1, 0.15) is 30.4 Å². The Morgan fingerprint density at radius 2 is 2.20 bits per heavy atom. The van der Waals surface area contributed by atoms with Gasteiger partial charge in [-0.2, -0.15) is 0 Å². The Balaban J connectivity index is 1.98. The van der Waals surface area contributed by atoms with Gasteiger partial charge >= 0.3 is 0 Å². The third-order valence-corrected chi connectivity index (χ3v) is 3.92. The maximum Gasteiger partial charge on any atom is 0.122 e. The molecule has 2 heteroatoms. The van der Waals surface area contributed by atoms with Gasteiger partial charge < -0.3 is 9.84 Å². The van der Waals surface area contributed by atoms with Crippen LogP contribution in [0.2, 0.25) is 0 Å². The first-order valence-corrected chi connectivity index (χ1v) is 5.71. The Morgan fingerprint density at radius 3 is 2.87 bits per heavy atom. The summed E-state index contributed by atoms with van der Waals surface area (Å²) in [7, 11) is 0. The highest BCUT2D eigenvalue weighted by molar-refractivity contribution is 5.43. The molecule has 2 aliphatic rings. The molecule has 0 bridgehead atoms. The molecule has 2 nitrogen and oxygen atoms in total. The minimum atomic E-state index is 0.0671. The van der Waals surface area contributed by atoms with Crippen LogP contribution in [0.4, 0.5) is 0 Å². The Labute approximate surface area is 89.9 Å². The molecular formula is C13H16O2. The van der Waals surface area contributed by atoms with E-state index < -0.39 is 0 Å². The number of hydrogen-bond donors (Lipinski definition) is 1. The number of hydrogen-bond acceptors (Lipinski definition) is 2. The zero-order chi connectivity index (χ0) is 10.3. The van der Waals surface area contributed by atoms with E-state index in [1.165, 1.54) is 17.5 Å². The van der Waals surface area contributed by atoms with Crippen LogP contribution >= 0.6 is 0 Å². The van der Waals surface area contributed by atoms with Crippen molar-refractivity contribution in [2.75, 3.05) is 13.2 Å². The van der Waals surface area contributed by atoms with E-state index in [2.05, 4.69) is 18.2 Å². The number of ether oxygens (including phenoxy) is 1. The number of aliphatic hydroxyl groups excluding tert-OH is 1. The predicted molar refractivity (Wildman–Crippen MR) is 58.3 cm³/mol. The molecule has 1 aliphatic carbocycles. The Kier molecular flexibility index (Phi) is 1.99. The van der Waals surface area contributed by atoms with Crippen LogP contribution in [0.3, 0.4) is 0 Å². The molecule has 0 radical (unpaired) electrons. The van der Waals surface area contributed by atoms with Crippen LogP contribution in [0.15, 0.2) is 18.2 Å². The topological polar surface area (TPSA) is 29.5 Å². The molecule has 15 heavy (non-hydrogen) atoms. The zero-order valence-electron chi connectivity index (χ0n) is 8.83. The highest BCUT2D eigenvalue weighted by atomic mass is 16.5. The first-order valence-electron chi connectivity index (χ1n) is 5.71. The lowest BCUT2D eigenvalue weighted by Gasteiger charge is -2.41. The molecule has 1 fully saturated rings. The molecule has 80 valence electrons. The van der Waals surface area contributed by atoms with Crippen molar-refractivity contribution in [1.82, 2.24) is 0 Å². The molecule has 3 rings (SSSR count). The van der Waals surface area contributed by atoms with Gasteiger partial charge in [0.05, 0.1) is 13.2 Å². The lowest BCUT2D eigenvalue weighted by Crippen LogP contribution is -2.37. The van der Waals surface area contributed by atoms with Crippen molar-refractivity contribution in [2.24, 2.45) is 0 Å². The van der Waals surface area contributed by atoms with Gasteiger partial charge in [-0.1, -0.05) is 18.6 Å². The summed E-state index contributed by atoms with van der Waals surface area (Å²) in [5, 5.41) is 9.51. The SMILES string of the molecule is OCC1(c2ccc3c(c2)CCO3)CCC1. The van der Waals surface area contributed by atoms with Gasteiger partial charge in [-0.3, -0.25) is 0 Å². The molecule has 1 aliphatic heterocycles. The average Bonchev–Trinajstić information content (AvgIpc) is 2.64. The third kappa shape index (κ3) is 1.28. The number of fused-ring (bicyclic) bond motifs is 1. The fourth-order valence-corrected chi connectivity index (χ4v) is 2.66. The van der Waals surface area contributed by atoms with E-state index in [4.69, 9.17) is 4.74 Å². The second-order valence-electron chi connectivity index (χ2n) is 4.71. The monoisotopic (exact) mass is 204 g/mol. The highest BCUT2D eigenvalue weighted by Gasteiger charge is 2.38. The van der Waals surface area contributed by atoms with Crippen LogP contribution in [-0.2, 0) is 11.8 Å². The van der Waals surface area contributed by atoms with E-state index in [-0.39, 0.29) is 12.0 Å². The van der Waals surface area contributed by atoms with Gasteiger partial charge in [0.15, 0.2) is 0 Å².